The van der Waals surface area contributed by atoms with Gasteiger partial charge in [0.25, 0.3) is 0 Å². The summed E-state index contributed by atoms with van der Waals surface area (Å²) >= 11 is 0. The second kappa shape index (κ2) is 5.00. The van der Waals surface area contributed by atoms with Gasteiger partial charge in [-0.2, -0.15) is 0 Å². The zero-order chi connectivity index (χ0) is 10.7. The third-order valence-corrected chi connectivity index (χ3v) is 4.08. The summed E-state index contributed by atoms with van der Waals surface area (Å²) in [7, 11) is 1.77. The number of amides is 1. The molecule has 0 bridgehead atoms. The number of carbonyl (C=O) groups excluding carboxylic acids is 1. The lowest BCUT2D eigenvalue weighted by Crippen LogP contribution is -2.30. The largest absolute Gasteiger partial charge is 0.359 e. The summed E-state index contributed by atoms with van der Waals surface area (Å²) < 4.78 is 0. The molecule has 0 heterocycles. The average molecular weight is 209 g/mol. The molecule has 2 nitrogen and oxygen atoms in total. The van der Waals surface area contributed by atoms with Gasteiger partial charge >= 0.3 is 0 Å². The van der Waals surface area contributed by atoms with E-state index in [9.17, 15) is 4.79 Å². The molecule has 15 heavy (non-hydrogen) atoms. The van der Waals surface area contributed by atoms with Crippen LogP contribution < -0.4 is 5.32 Å². The van der Waals surface area contributed by atoms with E-state index in [0.29, 0.717) is 5.92 Å². The first-order valence-electron chi connectivity index (χ1n) is 6.51. The quantitative estimate of drug-likeness (QED) is 0.716. The van der Waals surface area contributed by atoms with Gasteiger partial charge in [0.15, 0.2) is 0 Å². The van der Waals surface area contributed by atoms with Gasteiger partial charge in [0.2, 0.25) is 5.91 Å². The maximum atomic E-state index is 11.7. The van der Waals surface area contributed by atoms with E-state index in [2.05, 4.69) is 5.32 Å². The Balaban J connectivity index is 1.74. The molecular formula is C13H23NO. The maximum absolute atomic E-state index is 11.7. The van der Waals surface area contributed by atoms with E-state index in [0.717, 1.165) is 24.7 Å². The van der Waals surface area contributed by atoms with Gasteiger partial charge in [0, 0.05) is 13.0 Å². The van der Waals surface area contributed by atoms with Crippen molar-refractivity contribution in [1.82, 2.24) is 5.32 Å². The number of nitrogens with one attached hydrogen (secondary N) is 1. The lowest BCUT2D eigenvalue weighted by Gasteiger charge is -2.29. The summed E-state index contributed by atoms with van der Waals surface area (Å²) in [6, 6.07) is 0. The van der Waals surface area contributed by atoms with Crippen molar-refractivity contribution in [3.05, 3.63) is 0 Å². The first kappa shape index (κ1) is 11.0. The van der Waals surface area contributed by atoms with E-state index in [-0.39, 0.29) is 5.91 Å². The second-order valence-electron chi connectivity index (χ2n) is 5.36. The highest BCUT2D eigenvalue weighted by molar-refractivity contribution is 5.78. The Kier molecular flexibility index (Phi) is 3.66. The van der Waals surface area contributed by atoms with Gasteiger partial charge in [-0.25, -0.2) is 0 Å². The molecule has 2 fully saturated rings. The molecule has 2 rings (SSSR count). The van der Waals surface area contributed by atoms with E-state index in [1.807, 2.05) is 0 Å². The smallest absolute Gasteiger partial charge is 0.222 e. The van der Waals surface area contributed by atoms with Gasteiger partial charge in [-0.1, -0.05) is 32.1 Å². The summed E-state index contributed by atoms with van der Waals surface area (Å²) in [6.07, 6.45) is 10.5. The summed E-state index contributed by atoms with van der Waals surface area (Å²) in [6.45, 7) is 0. The van der Waals surface area contributed by atoms with Crippen LogP contribution in [-0.4, -0.2) is 13.0 Å². The van der Waals surface area contributed by atoms with Crippen LogP contribution in [0.1, 0.15) is 51.4 Å². The Morgan fingerprint density at radius 3 is 2.47 bits per heavy atom. The average Bonchev–Trinajstić information content (AvgIpc) is 2.98. The Hall–Kier alpha value is -0.530. The second-order valence-corrected chi connectivity index (χ2v) is 5.36. The number of hydrogen-bond donors (Lipinski definition) is 1. The molecule has 0 aromatic carbocycles. The lowest BCUT2D eigenvalue weighted by molar-refractivity contribution is -0.125. The van der Waals surface area contributed by atoms with E-state index in [4.69, 9.17) is 0 Å². The normalized spacial score (nSPS) is 23.3. The fraction of sp³-hybridized carbons (Fsp3) is 0.923. The minimum absolute atomic E-state index is 0.280. The SMILES string of the molecule is CNC(=O)C(CCC1CC1)CC1CCC1. The van der Waals surface area contributed by atoms with Gasteiger partial charge in [-0.3, -0.25) is 4.79 Å². The fourth-order valence-corrected chi connectivity index (χ4v) is 2.53. The van der Waals surface area contributed by atoms with Gasteiger partial charge < -0.3 is 5.32 Å². The minimum Gasteiger partial charge on any atom is -0.359 e. The van der Waals surface area contributed by atoms with Crippen LogP contribution in [0, 0.1) is 17.8 Å². The van der Waals surface area contributed by atoms with Crippen molar-refractivity contribution in [2.75, 3.05) is 7.05 Å². The van der Waals surface area contributed by atoms with Crippen molar-refractivity contribution in [3.8, 4) is 0 Å². The van der Waals surface area contributed by atoms with Crippen LogP contribution in [0.4, 0.5) is 0 Å². The molecule has 0 radical (unpaired) electrons. The Morgan fingerprint density at radius 1 is 1.27 bits per heavy atom. The summed E-state index contributed by atoms with van der Waals surface area (Å²) in [5.41, 5.74) is 0. The van der Waals surface area contributed by atoms with Crippen molar-refractivity contribution in [3.63, 3.8) is 0 Å². The molecule has 2 heteroatoms. The first-order valence-corrected chi connectivity index (χ1v) is 6.51. The molecule has 1 amide bonds. The summed E-state index contributed by atoms with van der Waals surface area (Å²) in [5, 5.41) is 2.82. The van der Waals surface area contributed by atoms with E-state index in [1.165, 1.54) is 38.5 Å². The van der Waals surface area contributed by atoms with E-state index in [1.54, 1.807) is 7.05 Å². The Morgan fingerprint density at radius 2 is 2.00 bits per heavy atom. The lowest BCUT2D eigenvalue weighted by atomic mass is 9.77. The molecule has 0 aromatic heterocycles. The summed E-state index contributed by atoms with van der Waals surface area (Å²) in [4.78, 5) is 11.7. The van der Waals surface area contributed by atoms with Crippen LogP contribution in [0.3, 0.4) is 0 Å². The van der Waals surface area contributed by atoms with Crippen molar-refractivity contribution < 1.29 is 4.79 Å². The topological polar surface area (TPSA) is 29.1 Å². The number of rotatable bonds is 6. The number of carbonyl (C=O) groups is 1. The van der Waals surface area contributed by atoms with Crippen molar-refractivity contribution in [1.29, 1.82) is 0 Å². The standard InChI is InChI=1S/C13H23NO/c1-14-13(15)12(8-7-10-5-6-10)9-11-3-2-4-11/h10-12H,2-9H2,1H3,(H,14,15). The van der Waals surface area contributed by atoms with E-state index < -0.39 is 0 Å². The third-order valence-electron chi connectivity index (χ3n) is 4.08. The highest BCUT2D eigenvalue weighted by atomic mass is 16.1. The predicted octanol–water partition coefficient (Wildman–Crippen LogP) is 2.73. The molecule has 1 atom stereocenters. The molecule has 1 N–H and O–H groups in total. The van der Waals surface area contributed by atoms with E-state index >= 15 is 0 Å². The highest BCUT2D eigenvalue weighted by Crippen LogP contribution is 2.38. The minimum atomic E-state index is 0.280. The van der Waals surface area contributed by atoms with Crippen LogP contribution in [0.15, 0.2) is 0 Å². The molecule has 0 aliphatic heterocycles. The van der Waals surface area contributed by atoms with Gasteiger partial charge in [-0.15, -0.1) is 0 Å². The Labute approximate surface area is 92.8 Å². The van der Waals surface area contributed by atoms with Crippen LogP contribution in [0.5, 0.6) is 0 Å². The van der Waals surface area contributed by atoms with Gasteiger partial charge in [0.1, 0.15) is 0 Å². The molecule has 2 aliphatic carbocycles. The van der Waals surface area contributed by atoms with Crippen molar-refractivity contribution in [2.45, 2.75) is 51.4 Å². The predicted molar refractivity (Wildman–Crippen MR) is 61.5 cm³/mol. The number of hydrogen-bond acceptors (Lipinski definition) is 1. The van der Waals surface area contributed by atoms with Crippen LogP contribution in [0.2, 0.25) is 0 Å². The molecule has 1 unspecified atom stereocenters. The van der Waals surface area contributed by atoms with Crippen LogP contribution in [0.25, 0.3) is 0 Å². The molecule has 0 saturated heterocycles. The molecule has 0 aromatic rings. The zero-order valence-corrected chi connectivity index (χ0v) is 9.80. The monoisotopic (exact) mass is 209 g/mol. The molecule has 86 valence electrons. The van der Waals surface area contributed by atoms with Crippen LogP contribution >= 0.6 is 0 Å². The molecule has 2 saturated carbocycles. The molecular weight excluding hydrogens is 186 g/mol. The maximum Gasteiger partial charge on any atom is 0.222 e. The van der Waals surface area contributed by atoms with Crippen molar-refractivity contribution in [2.24, 2.45) is 17.8 Å². The van der Waals surface area contributed by atoms with Gasteiger partial charge in [0.05, 0.1) is 0 Å². The zero-order valence-electron chi connectivity index (χ0n) is 9.80. The molecule has 0 spiro atoms. The molecule has 2 aliphatic rings. The highest BCUT2D eigenvalue weighted by Gasteiger charge is 2.28. The van der Waals surface area contributed by atoms with Crippen LogP contribution in [-0.2, 0) is 4.79 Å². The van der Waals surface area contributed by atoms with Gasteiger partial charge in [-0.05, 0) is 31.1 Å². The Bertz CT molecular complexity index is 219. The fourth-order valence-electron chi connectivity index (χ4n) is 2.53. The van der Waals surface area contributed by atoms with Crippen molar-refractivity contribution >= 4 is 5.91 Å². The third kappa shape index (κ3) is 3.22. The summed E-state index contributed by atoms with van der Waals surface area (Å²) in [5.74, 6) is 2.40. The first-order chi connectivity index (χ1) is 7.29.